The Morgan fingerprint density at radius 3 is 2.70 bits per heavy atom. The third-order valence-corrected chi connectivity index (χ3v) is 5.86. The molecule has 0 N–H and O–H groups in total. The van der Waals surface area contributed by atoms with Crippen molar-refractivity contribution in [2.24, 2.45) is 0 Å². The summed E-state index contributed by atoms with van der Waals surface area (Å²) in [5.41, 5.74) is 4.23. The minimum Gasteiger partial charge on any atom is -0.486 e. The van der Waals surface area contributed by atoms with Gasteiger partial charge in [0.05, 0.1) is 11.4 Å². The molecule has 0 fully saturated rings. The van der Waals surface area contributed by atoms with Crippen molar-refractivity contribution in [2.75, 3.05) is 26.0 Å². The zero-order valence-electron chi connectivity index (χ0n) is 17.2. The number of amides is 1. The second-order valence-corrected chi connectivity index (χ2v) is 8.10. The van der Waals surface area contributed by atoms with Gasteiger partial charge < -0.3 is 14.4 Å². The minimum atomic E-state index is -0.00970. The first-order chi connectivity index (χ1) is 14.5. The Bertz CT molecular complexity index is 1070. The Balaban J connectivity index is 1.38. The lowest BCUT2D eigenvalue weighted by atomic mass is 10.1. The average molecular weight is 426 g/mol. The molecule has 0 bridgehead atoms. The van der Waals surface area contributed by atoms with Crippen LogP contribution in [0.25, 0.3) is 5.69 Å². The lowest BCUT2D eigenvalue weighted by Crippen LogP contribution is -2.28. The minimum absolute atomic E-state index is 0.00970. The molecule has 0 atom stereocenters. The van der Waals surface area contributed by atoms with Gasteiger partial charge in [-0.2, -0.15) is 4.68 Å². The van der Waals surface area contributed by atoms with Crippen molar-refractivity contribution in [3.05, 3.63) is 53.1 Å². The van der Waals surface area contributed by atoms with E-state index in [1.807, 2.05) is 43.3 Å². The maximum absolute atomic E-state index is 12.6. The monoisotopic (exact) mass is 425 g/mol. The van der Waals surface area contributed by atoms with Crippen LogP contribution in [0.15, 0.2) is 41.6 Å². The molecule has 0 unspecified atom stereocenters. The Morgan fingerprint density at radius 1 is 1.10 bits per heavy atom. The molecular formula is C21H23N5O3S. The van der Waals surface area contributed by atoms with Gasteiger partial charge in [-0.05, 0) is 65.2 Å². The number of carbonyl (C=O) groups excluding carboxylic acids is 1. The summed E-state index contributed by atoms with van der Waals surface area (Å²) in [6, 6.07) is 11.8. The molecule has 1 aliphatic heterocycles. The van der Waals surface area contributed by atoms with Crippen molar-refractivity contribution in [3.63, 3.8) is 0 Å². The molecule has 0 aliphatic carbocycles. The summed E-state index contributed by atoms with van der Waals surface area (Å²) in [6.45, 7) is 5.69. The van der Waals surface area contributed by atoms with Crippen LogP contribution < -0.4 is 9.47 Å². The third kappa shape index (κ3) is 4.40. The number of benzene rings is 2. The molecule has 30 heavy (non-hydrogen) atoms. The van der Waals surface area contributed by atoms with E-state index >= 15 is 0 Å². The molecule has 0 saturated heterocycles. The number of carbonyl (C=O) groups is 1. The Labute approximate surface area is 179 Å². The zero-order valence-corrected chi connectivity index (χ0v) is 18.0. The van der Waals surface area contributed by atoms with E-state index in [0.29, 0.717) is 24.9 Å². The first kappa shape index (κ1) is 20.2. The van der Waals surface area contributed by atoms with Crippen LogP contribution in [-0.2, 0) is 11.3 Å². The van der Waals surface area contributed by atoms with E-state index in [1.54, 1.807) is 16.6 Å². The Hall–Kier alpha value is -3.07. The molecule has 3 aromatic rings. The number of rotatable bonds is 6. The van der Waals surface area contributed by atoms with Gasteiger partial charge in [0.1, 0.15) is 13.2 Å². The number of tetrazole rings is 1. The summed E-state index contributed by atoms with van der Waals surface area (Å²) in [5, 5.41) is 12.5. The molecular weight excluding hydrogens is 402 g/mol. The fourth-order valence-electron chi connectivity index (χ4n) is 3.07. The smallest absolute Gasteiger partial charge is 0.233 e. The van der Waals surface area contributed by atoms with E-state index in [2.05, 4.69) is 22.4 Å². The van der Waals surface area contributed by atoms with Crippen molar-refractivity contribution in [2.45, 2.75) is 25.5 Å². The van der Waals surface area contributed by atoms with E-state index in [4.69, 9.17) is 9.47 Å². The van der Waals surface area contributed by atoms with Crippen LogP contribution in [0, 0.1) is 13.8 Å². The maximum Gasteiger partial charge on any atom is 0.233 e. The molecule has 0 saturated carbocycles. The van der Waals surface area contributed by atoms with Gasteiger partial charge >= 0.3 is 0 Å². The SMILES string of the molecule is Cc1ccc(-n2nnnc2SCC(=O)N(C)Cc2ccc3c(c2)OCCO3)cc1C. The van der Waals surface area contributed by atoms with Crippen LogP contribution in [0.3, 0.4) is 0 Å². The average Bonchev–Trinajstić information content (AvgIpc) is 3.22. The van der Waals surface area contributed by atoms with E-state index in [1.165, 1.54) is 17.3 Å². The van der Waals surface area contributed by atoms with Crippen LogP contribution in [0.4, 0.5) is 0 Å². The van der Waals surface area contributed by atoms with Crippen LogP contribution in [0.2, 0.25) is 0 Å². The summed E-state index contributed by atoms with van der Waals surface area (Å²) in [4.78, 5) is 14.3. The lowest BCUT2D eigenvalue weighted by Gasteiger charge is -2.21. The second-order valence-electron chi connectivity index (χ2n) is 7.16. The van der Waals surface area contributed by atoms with E-state index in [0.717, 1.165) is 28.3 Å². The predicted molar refractivity (Wildman–Crippen MR) is 113 cm³/mol. The number of fused-ring (bicyclic) bond motifs is 1. The molecule has 2 aromatic carbocycles. The largest absolute Gasteiger partial charge is 0.486 e. The fourth-order valence-corrected chi connectivity index (χ4v) is 3.90. The number of nitrogens with zero attached hydrogens (tertiary/aromatic N) is 5. The highest BCUT2D eigenvalue weighted by Crippen LogP contribution is 2.31. The number of aryl methyl sites for hydroxylation is 2. The van der Waals surface area contributed by atoms with Crippen LogP contribution in [0.5, 0.6) is 11.5 Å². The van der Waals surface area contributed by atoms with Gasteiger partial charge in [-0.1, -0.05) is 23.9 Å². The highest BCUT2D eigenvalue weighted by Gasteiger charge is 2.17. The van der Waals surface area contributed by atoms with Gasteiger partial charge in [0, 0.05) is 13.6 Å². The van der Waals surface area contributed by atoms with Crippen molar-refractivity contribution in [3.8, 4) is 17.2 Å². The highest BCUT2D eigenvalue weighted by molar-refractivity contribution is 7.99. The van der Waals surface area contributed by atoms with E-state index in [-0.39, 0.29) is 11.7 Å². The number of ether oxygens (including phenoxy) is 2. The number of aromatic nitrogens is 4. The van der Waals surface area contributed by atoms with Gasteiger partial charge in [-0.15, -0.1) is 5.10 Å². The van der Waals surface area contributed by atoms with Crippen molar-refractivity contribution in [1.29, 1.82) is 0 Å². The van der Waals surface area contributed by atoms with Gasteiger partial charge in [0.15, 0.2) is 11.5 Å². The summed E-state index contributed by atoms with van der Waals surface area (Å²) in [5.74, 6) is 1.70. The lowest BCUT2D eigenvalue weighted by molar-refractivity contribution is -0.127. The van der Waals surface area contributed by atoms with E-state index in [9.17, 15) is 4.79 Å². The van der Waals surface area contributed by atoms with Crippen molar-refractivity contribution >= 4 is 17.7 Å². The number of thioether (sulfide) groups is 1. The van der Waals surface area contributed by atoms with Crippen LogP contribution in [-0.4, -0.2) is 57.0 Å². The normalized spacial score (nSPS) is 12.6. The summed E-state index contributed by atoms with van der Waals surface area (Å²) >= 11 is 1.32. The molecule has 2 heterocycles. The maximum atomic E-state index is 12.6. The second kappa shape index (κ2) is 8.74. The molecule has 8 nitrogen and oxygen atoms in total. The molecule has 9 heteroatoms. The van der Waals surface area contributed by atoms with Gasteiger partial charge in [-0.25, -0.2) is 0 Å². The molecule has 4 rings (SSSR count). The van der Waals surface area contributed by atoms with Crippen molar-refractivity contribution in [1.82, 2.24) is 25.1 Å². The van der Waals surface area contributed by atoms with Gasteiger partial charge in [-0.3, -0.25) is 4.79 Å². The Kier molecular flexibility index (Phi) is 5.89. The summed E-state index contributed by atoms with van der Waals surface area (Å²) < 4.78 is 12.8. The topological polar surface area (TPSA) is 82.4 Å². The quantitative estimate of drug-likeness (QED) is 0.562. The first-order valence-electron chi connectivity index (χ1n) is 9.62. The summed E-state index contributed by atoms with van der Waals surface area (Å²) in [6.07, 6.45) is 0. The molecule has 0 spiro atoms. The molecule has 1 amide bonds. The van der Waals surface area contributed by atoms with Gasteiger partial charge in [0.2, 0.25) is 11.1 Å². The van der Waals surface area contributed by atoms with Crippen LogP contribution in [0.1, 0.15) is 16.7 Å². The fraction of sp³-hybridized carbons (Fsp3) is 0.333. The highest BCUT2D eigenvalue weighted by atomic mass is 32.2. The number of hydrogen-bond donors (Lipinski definition) is 0. The van der Waals surface area contributed by atoms with E-state index < -0.39 is 0 Å². The molecule has 1 aliphatic rings. The van der Waals surface area contributed by atoms with Crippen LogP contribution >= 0.6 is 11.8 Å². The molecule has 156 valence electrons. The Morgan fingerprint density at radius 2 is 1.90 bits per heavy atom. The first-order valence-corrected chi connectivity index (χ1v) is 10.6. The number of hydrogen-bond acceptors (Lipinski definition) is 7. The zero-order chi connectivity index (χ0) is 21.1. The summed E-state index contributed by atoms with van der Waals surface area (Å²) in [7, 11) is 1.78. The molecule has 1 aromatic heterocycles. The molecule has 0 radical (unpaired) electrons. The standard InChI is InChI=1S/C21H23N5O3S/c1-14-4-6-17(10-15(14)2)26-21(22-23-24-26)30-13-20(27)25(3)12-16-5-7-18-19(11-16)29-9-8-28-18/h4-7,10-11H,8-9,12-13H2,1-3H3. The third-order valence-electron chi connectivity index (χ3n) is 4.95. The van der Waals surface area contributed by atoms with Gasteiger partial charge in [0.25, 0.3) is 0 Å². The predicted octanol–water partition coefficient (Wildman–Crippen LogP) is 2.80. The van der Waals surface area contributed by atoms with Crippen molar-refractivity contribution < 1.29 is 14.3 Å².